The maximum Gasteiger partial charge on any atom is 0.387 e. The van der Waals surface area contributed by atoms with Gasteiger partial charge >= 0.3 is 12.6 Å². The Balaban J connectivity index is 1.57. The third-order valence-corrected chi connectivity index (χ3v) is 6.42. The van der Waals surface area contributed by atoms with Crippen LogP contribution in [0.25, 0.3) is 0 Å². The fourth-order valence-electron chi connectivity index (χ4n) is 3.01. The van der Waals surface area contributed by atoms with E-state index in [1.54, 1.807) is 0 Å². The summed E-state index contributed by atoms with van der Waals surface area (Å²) in [5.74, 6) is -1.82. The molecule has 1 N–H and O–H groups in total. The van der Waals surface area contributed by atoms with Crippen LogP contribution in [0, 0.1) is 0 Å². The lowest BCUT2D eigenvalue weighted by Gasteiger charge is -2.15. The maximum atomic E-state index is 12.5. The van der Waals surface area contributed by atoms with E-state index < -0.39 is 35.1 Å². The van der Waals surface area contributed by atoms with Gasteiger partial charge in [-0.2, -0.15) is 13.1 Å². The molecule has 1 aliphatic rings. The van der Waals surface area contributed by atoms with Gasteiger partial charge in [-0.25, -0.2) is 13.2 Å². The van der Waals surface area contributed by atoms with Crippen molar-refractivity contribution in [1.82, 2.24) is 4.31 Å². The molecule has 0 bridgehead atoms. The molecular formula is C20H20F2N2O6S. The summed E-state index contributed by atoms with van der Waals surface area (Å²) in [6.45, 7) is -2.80. The lowest BCUT2D eigenvalue weighted by Crippen LogP contribution is -2.27. The summed E-state index contributed by atoms with van der Waals surface area (Å²) in [6, 6.07) is 10.8. The van der Waals surface area contributed by atoms with Gasteiger partial charge in [-0.3, -0.25) is 4.79 Å². The summed E-state index contributed by atoms with van der Waals surface area (Å²) in [4.78, 5) is 24.2. The number of ether oxygens (including phenoxy) is 2. The summed E-state index contributed by atoms with van der Waals surface area (Å²) in [7, 11) is -3.60. The topological polar surface area (TPSA) is 102 Å². The number of rotatable bonds is 8. The van der Waals surface area contributed by atoms with Crippen LogP contribution in [0.3, 0.4) is 0 Å². The third-order valence-electron chi connectivity index (χ3n) is 4.50. The quantitative estimate of drug-likeness (QED) is 0.616. The van der Waals surface area contributed by atoms with Gasteiger partial charge in [0.2, 0.25) is 10.0 Å². The summed E-state index contributed by atoms with van der Waals surface area (Å²) < 4.78 is 60.5. The van der Waals surface area contributed by atoms with E-state index >= 15 is 0 Å². The fourth-order valence-corrected chi connectivity index (χ4v) is 4.53. The van der Waals surface area contributed by atoms with Crippen LogP contribution in [-0.2, 0) is 19.6 Å². The van der Waals surface area contributed by atoms with Gasteiger partial charge in [-0.1, -0.05) is 12.1 Å². The van der Waals surface area contributed by atoms with E-state index in [0.29, 0.717) is 13.1 Å². The first kappa shape index (κ1) is 22.6. The predicted octanol–water partition coefficient (Wildman–Crippen LogP) is 2.87. The molecule has 1 heterocycles. The molecule has 11 heteroatoms. The summed E-state index contributed by atoms with van der Waals surface area (Å²) in [5, 5.41) is 2.32. The zero-order chi connectivity index (χ0) is 22.4. The molecule has 0 radical (unpaired) electrons. The molecule has 0 aromatic heterocycles. The second-order valence-electron chi connectivity index (χ2n) is 6.63. The number of nitrogens with one attached hydrogen (secondary N) is 1. The first-order valence-corrected chi connectivity index (χ1v) is 10.8. The number of benzene rings is 2. The Morgan fingerprint density at radius 2 is 1.68 bits per heavy atom. The zero-order valence-corrected chi connectivity index (χ0v) is 17.1. The van der Waals surface area contributed by atoms with Crippen LogP contribution in [-0.4, -0.2) is 50.9 Å². The minimum atomic E-state index is -3.60. The van der Waals surface area contributed by atoms with Gasteiger partial charge in [0, 0.05) is 13.1 Å². The highest BCUT2D eigenvalue weighted by Gasteiger charge is 2.27. The van der Waals surface area contributed by atoms with E-state index in [2.05, 4.69) is 10.1 Å². The number of hydrogen-bond acceptors (Lipinski definition) is 6. The maximum absolute atomic E-state index is 12.5. The number of amides is 1. The molecule has 0 saturated carbocycles. The van der Waals surface area contributed by atoms with Crippen molar-refractivity contribution >= 4 is 27.6 Å². The number of para-hydroxylation sites is 2. The highest BCUT2D eigenvalue weighted by Crippen LogP contribution is 2.25. The van der Waals surface area contributed by atoms with Gasteiger partial charge in [0.1, 0.15) is 5.75 Å². The summed E-state index contributed by atoms with van der Waals surface area (Å²) in [6.07, 6.45) is 1.62. The van der Waals surface area contributed by atoms with Crippen LogP contribution in [0.15, 0.2) is 53.4 Å². The van der Waals surface area contributed by atoms with Crippen LogP contribution < -0.4 is 10.1 Å². The van der Waals surface area contributed by atoms with Crippen molar-refractivity contribution in [2.24, 2.45) is 0 Å². The molecule has 1 aliphatic heterocycles. The molecule has 0 unspecified atom stereocenters. The van der Waals surface area contributed by atoms with Gasteiger partial charge in [-0.05, 0) is 49.2 Å². The van der Waals surface area contributed by atoms with E-state index in [0.717, 1.165) is 12.8 Å². The summed E-state index contributed by atoms with van der Waals surface area (Å²) >= 11 is 0. The van der Waals surface area contributed by atoms with Crippen molar-refractivity contribution < 1.29 is 36.3 Å². The number of carbonyl (C=O) groups is 2. The van der Waals surface area contributed by atoms with Gasteiger partial charge < -0.3 is 14.8 Å². The molecule has 1 fully saturated rings. The number of hydrogen-bond donors (Lipinski definition) is 1. The van der Waals surface area contributed by atoms with E-state index in [-0.39, 0.29) is 21.9 Å². The zero-order valence-electron chi connectivity index (χ0n) is 16.3. The Hall–Kier alpha value is -3.05. The Morgan fingerprint density at radius 3 is 2.32 bits per heavy atom. The average molecular weight is 454 g/mol. The van der Waals surface area contributed by atoms with Crippen molar-refractivity contribution in [2.75, 3.05) is 25.0 Å². The Kier molecular flexibility index (Phi) is 7.18. The van der Waals surface area contributed by atoms with Crippen molar-refractivity contribution in [1.29, 1.82) is 0 Å². The minimum Gasteiger partial charge on any atom is -0.452 e. The molecule has 1 saturated heterocycles. The Bertz CT molecular complexity index is 1040. The van der Waals surface area contributed by atoms with E-state index in [4.69, 9.17) is 4.74 Å². The smallest absolute Gasteiger partial charge is 0.387 e. The highest BCUT2D eigenvalue weighted by atomic mass is 32.2. The van der Waals surface area contributed by atoms with Crippen molar-refractivity contribution in [2.45, 2.75) is 24.3 Å². The number of nitrogens with zero attached hydrogens (tertiary/aromatic N) is 1. The van der Waals surface area contributed by atoms with Crippen LogP contribution >= 0.6 is 0 Å². The molecule has 31 heavy (non-hydrogen) atoms. The van der Waals surface area contributed by atoms with Crippen LogP contribution in [0.5, 0.6) is 5.75 Å². The van der Waals surface area contributed by atoms with Crippen molar-refractivity contribution in [3.05, 3.63) is 54.1 Å². The molecular weight excluding hydrogens is 434 g/mol. The first-order chi connectivity index (χ1) is 14.8. The standard InChI is InChI=1S/C20H20F2N2O6S/c21-20(22)30-17-6-2-1-5-16(17)23-18(25)13-29-19(26)14-7-9-15(10-8-14)31(27,28)24-11-3-4-12-24/h1-2,5-10,20H,3-4,11-13H2,(H,23,25). The third kappa shape index (κ3) is 5.76. The number of sulfonamides is 1. The summed E-state index contributed by atoms with van der Waals surface area (Å²) in [5.41, 5.74) is 0.0647. The monoisotopic (exact) mass is 454 g/mol. The lowest BCUT2D eigenvalue weighted by atomic mass is 10.2. The molecule has 0 aliphatic carbocycles. The minimum absolute atomic E-state index is 0.000297. The number of alkyl halides is 2. The van der Waals surface area contributed by atoms with E-state index in [9.17, 15) is 26.8 Å². The molecule has 8 nitrogen and oxygen atoms in total. The van der Waals surface area contributed by atoms with E-state index in [1.165, 1.54) is 52.8 Å². The van der Waals surface area contributed by atoms with Gasteiger partial charge in [0.05, 0.1) is 16.1 Å². The molecule has 3 rings (SSSR count). The first-order valence-electron chi connectivity index (χ1n) is 9.38. The van der Waals surface area contributed by atoms with Crippen LogP contribution in [0.1, 0.15) is 23.2 Å². The Labute approximate surface area is 177 Å². The van der Waals surface area contributed by atoms with Crippen LogP contribution in [0.2, 0.25) is 0 Å². The van der Waals surface area contributed by atoms with Gasteiger partial charge in [0.15, 0.2) is 6.61 Å². The van der Waals surface area contributed by atoms with Crippen molar-refractivity contribution in [3.8, 4) is 5.75 Å². The molecule has 2 aromatic carbocycles. The predicted molar refractivity (Wildman–Crippen MR) is 106 cm³/mol. The molecule has 166 valence electrons. The normalized spacial score (nSPS) is 14.4. The second-order valence-corrected chi connectivity index (χ2v) is 8.57. The molecule has 2 aromatic rings. The molecule has 0 spiro atoms. The Morgan fingerprint density at radius 1 is 1.03 bits per heavy atom. The van der Waals surface area contributed by atoms with Gasteiger partial charge in [0.25, 0.3) is 5.91 Å². The van der Waals surface area contributed by atoms with E-state index in [1.807, 2.05) is 0 Å². The number of esters is 1. The number of carbonyl (C=O) groups excluding carboxylic acids is 2. The molecule has 0 atom stereocenters. The second kappa shape index (κ2) is 9.84. The SMILES string of the molecule is O=C(COC(=O)c1ccc(S(=O)(=O)N2CCCC2)cc1)Nc1ccccc1OC(F)F. The molecule has 1 amide bonds. The van der Waals surface area contributed by atoms with Crippen molar-refractivity contribution in [3.63, 3.8) is 0 Å². The van der Waals surface area contributed by atoms with Crippen LogP contribution in [0.4, 0.5) is 14.5 Å². The lowest BCUT2D eigenvalue weighted by molar-refractivity contribution is -0.119. The average Bonchev–Trinajstić information content (AvgIpc) is 3.29. The number of anilines is 1. The fraction of sp³-hybridized carbons (Fsp3) is 0.300. The largest absolute Gasteiger partial charge is 0.452 e. The highest BCUT2D eigenvalue weighted by molar-refractivity contribution is 7.89. The van der Waals surface area contributed by atoms with Gasteiger partial charge in [-0.15, -0.1) is 0 Å². The number of halogens is 2.